The zero-order valence-electron chi connectivity index (χ0n) is 21.1. The highest BCUT2D eigenvalue weighted by molar-refractivity contribution is 7.89. The molecule has 0 unspecified atom stereocenters. The van der Waals surface area contributed by atoms with Gasteiger partial charge in [0.05, 0.1) is 17.0 Å². The van der Waals surface area contributed by atoms with Gasteiger partial charge < -0.3 is 14.9 Å². The molecule has 2 N–H and O–H groups in total. The van der Waals surface area contributed by atoms with E-state index >= 15 is 0 Å². The Morgan fingerprint density at radius 2 is 1.78 bits per heavy atom. The number of aryl methyl sites for hydroxylation is 1. The lowest BCUT2D eigenvalue weighted by Gasteiger charge is -2.30. The second-order valence-electron chi connectivity index (χ2n) is 9.32. The van der Waals surface area contributed by atoms with Crippen molar-refractivity contribution in [3.8, 4) is 0 Å². The Hall–Kier alpha value is -2.86. The molecule has 11 heteroatoms. The van der Waals surface area contributed by atoms with Gasteiger partial charge in [0.15, 0.2) is 0 Å². The summed E-state index contributed by atoms with van der Waals surface area (Å²) >= 11 is 0. The van der Waals surface area contributed by atoms with Gasteiger partial charge in [-0.25, -0.2) is 13.4 Å². The van der Waals surface area contributed by atoms with Gasteiger partial charge in [-0.3, -0.25) is 5.43 Å². The highest BCUT2D eigenvalue weighted by Gasteiger charge is 2.27. The molecule has 0 amide bonds. The van der Waals surface area contributed by atoms with Crippen LogP contribution in [0.5, 0.6) is 0 Å². The Morgan fingerprint density at radius 1 is 1.06 bits per heavy atom. The number of nitrogens with one attached hydrogen (secondary N) is 1. The number of benzene rings is 2. The molecule has 0 radical (unpaired) electrons. The minimum atomic E-state index is -3.83. The fourth-order valence-corrected chi connectivity index (χ4v) is 5.78. The van der Waals surface area contributed by atoms with Crippen LogP contribution in [0.4, 0.5) is 11.6 Å². The third kappa shape index (κ3) is 5.92. The lowest BCUT2D eigenvalue weighted by Crippen LogP contribution is -2.42. The van der Waals surface area contributed by atoms with E-state index in [-0.39, 0.29) is 30.0 Å². The lowest BCUT2D eigenvalue weighted by atomic mass is 10.1. The van der Waals surface area contributed by atoms with E-state index in [2.05, 4.69) is 44.3 Å². The van der Waals surface area contributed by atoms with Crippen LogP contribution in [0.15, 0.2) is 47.4 Å². The Balaban J connectivity index is 1.63. The number of hydrazine groups is 1. The monoisotopic (exact) mass is 513 g/mol. The average Bonchev–Trinajstić information content (AvgIpc) is 3.39. The van der Waals surface area contributed by atoms with Crippen molar-refractivity contribution in [3.63, 3.8) is 0 Å². The third-order valence-corrected chi connectivity index (χ3v) is 8.14. The standard InChI is InChI=1S/C25H35N7O3S/c1-19(2)31(15-16-33)24-18-23-22(17-20(24)3)26-25(28-27-23)29-32(14-13-30-11-7-8-12-30)36(34,35)21-9-5-4-6-10-21/h4-6,9-10,17-19,33H,7-8,11-16H2,1-3H3,(H,26,28,29). The fraction of sp³-hybridized carbons (Fsp3) is 0.480. The van der Waals surface area contributed by atoms with Crippen LogP contribution in [0.3, 0.4) is 0 Å². The molecule has 1 aliphatic rings. The van der Waals surface area contributed by atoms with Crippen LogP contribution in [0.25, 0.3) is 11.0 Å². The molecule has 36 heavy (non-hydrogen) atoms. The summed E-state index contributed by atoms with van der Waals surface area (Å²) in [5, 5.41) is 18.0. The first-order valence-electron chi connectivity index (χ1n) is 12.4. The zero-order valence-corrected chi connectivity index (χ0v) is 21.9. The number of aliphatic hydroxyl groups excluding tert-OH is 1. The third-order valence-electron chi connectivity index (χ3n) is 6.42. The first kappa shape index (κ1) is 26.2. The minimum Gasteiger partial charge on any atom is -0.395 e. The zero-order chi connectivity index (χ0) is 25.7. The van der Waals surface area contributed by atoms with E-state index in [9.17, 15) is 13.5 Å². The molecule has 194 valence electrons. The number of likely N-dealkylation sites (tertiary alicyclic amines) is 1. The topological polar surface area (TPSA) is 115 Å². The van der Waals surface area contributed by atoms with Crippen molar-refractivity contribution in [1.29, 1.82) is 0 Å². The summed E-state index contributed by atoms with van der Waals surface area (Å²) in [4.78, 5) is 9.14. The summed E-state index contributed by atoms with van der Waals surface area (Å²) in [7, 11) is -3.83. The number of sulfonamides is 1. The van der Waals surface area contributed by atoms with E-state index in [4.69, 9.17) is 0 Å². The number of aliphatic hydroxyl groups is 1. The highest BCUT2D eigenvalue weighted by atomic mass is 32.2. The maximum absolute atomic E-state index is 13.4. The summed E-state index contributed by atoms with van der Waals surface area (Å²) in [6.07, 6.45) is 2.26. The first-order valence-corrected chi connectivity index (χ1v) is 13.8. The molecular formula is C25H35N7O3S. The fourth-order valence-electron chi connectivity index (χ4n) is 4.50. The highest BCUT2D eigenvalue weighted by Crippen LogP contribution is 2.27. The molecule has 0 saturated carbocycles. The molecule has 0 spiro atoms. The number of fused-ring (bicyclic) bond motifs is 1. The maximum Gasteiger partial charge on any atom is 0.259 e. The molecule has 1 saturated heterocycles. The van der Waals surface area contributed by atoms with E-state index in [1.807, 2.05) is 19.1 Å². The number of nitrogens with zero attached hydrogens (tertiary/aromatic N) is 6. The van der Waals surface area contributed by atoms with Gasteiger partial charge >= 0.3 is 0 Å². The van der Waals surface area contributed by atoms with Crippen LogP contribution in [-0.4, -0.2) is 83.4 Å². The molecule has 2 heterocycles. The minimum absolute atomic E-state index is 0.0472. The van der Waals surface area contributed by atoms with Crippen molar-refractivity contribution >= 4 is 32.7 Å². The molecule has 2 aromatic carbocycles. The molecule has 10 nitrogen and oxygen atoms in total. The van der Waals surface area contributed by atoms with Gasteiger partial charge in [0.25, 0.3) is 16.0 Å². The molecule has 4 rings (SSSR count). The quantitative estimate of drug-likeness (QED) is 0.373. The second-order valence-corrected chi connectivity index (χ2v) is 11.2. The van der Waals surface area contributed by atoms with E-state index in [0.29, 0.717) is 24.1 Å². The van der Waals surface area contributed by atoms with Crippen molar-refractivity contribution in [2.45, 2.75) is 44.6 Å². The van der Waals surface area contributed by atoms with Crippen LogP contribution in [0, 0.1) is 6.92 Å². The number of hydrogen-bond acceptors (Lipinski definition) is 9. The van der Waals surface area contributed by atoms with Crippen molar-refractivity contribution in [2.24, 2.45) is 0 Å². The van der Waals surface area contributed by atoms with Gasteiger partial charge in [-0.15, -0.1) is 14.6 Å². The Kier molecular flexibility index (Phi) is 8.35. The number of hydrogen-bond donors (Lipinski definition) is 2. The first-order chi connectivity index (χ1) is 17.3. The summed E-state index contributed by atoms with van der Waals surface area (Å²) in [5.74, 6) is 0.117. The maximum atomic E-state index is 13.4. The van der Waals surface area contributed by atoms with Gasteiger partial charge in [0.1, 0.15) is 5.52 Å². The van der Waals surface area contributed by atoms with Gasteiger partial charge in [-0.1, -0.05) is 18.2 Å². The smallest absolute Gasteiger partial charge is 0.259 e. The summed E-state index contributed by atoms with van der Waals surface area (Å²) in [6, 6.07) is 12.4. The van der Waals surface area contributed by atoms with Gasteiger partial charge in [-0.05, 0) is 76.5 Å². The number of anilines is 2. The van der Waals surface area contributed by atoms with Crippen molar-refractivity contribution in [3.05, 3.63) is 48.0 Å². The van der Waals surface area contributed by atoms with Crippen LogP contribution in [0.2, 0.25) is 0 Å². The van der Waals surface area contributed by atoms with Gasteiger partial charge in [-0.2, -0.15) is 0 Å². The lowest BCUT2D eigenvalue weighted by molar-refractivity contribution is 0.299. The molecule has 3 aromatic rings. The Morgan fingerprint density at radius 3 is 2.44 bits per heavy atom. The summed E-state index contributed by atoms with van der Waals surface area (Å²) < 4.78 is 28.1. The van der Waals surface area contributed by atoms with Crippen molar-refractivity contribution < 1.29 is 13.5 Å². The average molecular weight is 514 g/mol. The van der Waals surface area contributed by atoms with Crippen molar-refractivity contribution in [1.82, 2.24) is 24.5 Å². The molecule has 1 aliphatic heterocycles. The number of rotatable bonds is 11. The van der Waals surface area contributed by atoms with E-state index in [0.717, 1.165) is 37.2 Å². The van der Waals surface area contributed by atoms with E-state index in [1.165, 1.54) is 4.41 Å². The van der Waals surface area contributed by atoms with Crippen LogP contribution in [0.1, 0.15) is 32.3 Å². The normalized spacial score (nSPS) is 14.7. The number of aromatic nitrogens is 3. The molecule has 0 atom stereocenters. The molecule has 0 aliphatic carbocycles. The second kappa shape index (κ2) is 11.5. The van der Waals surface area contributed by atoms with Gasteiger partial charge in [0.2, 0.25) is 0 Å². The predicted molar refractivity (Wildman–Crippen MR) is 141 cm³/mol. The van der Waals surface area contributed by atoms with Crippen molar-refractivity contribution in [2.75, 3.05) is 49.7 Å². The Bertz CT molecular complexity index is 1270. The predicted octanol–water partition coefficient (Wildman–Crippen LogP) is 2.65. The molecule has 1 aromatic heterocycles. The van der Waals surface area contributed by atoms with E-state index < -0.39 is 10.0 Å². The molecule has 0 bridgehead atoms. The van der Waals surface area contributed by atoms with Gasteiger partial charge in [0, 0.05) is 31.4 Å². The van der Waals surface area contributed by atoms with Crippen LogP contribution < -0.4 is 10.3 Å². The molecule has 1 fully saturated rings. The summed E-state index contributed by atoms with van der Waals surface area (Å²) in [6.45, 7) is 9.48. The molecular weight excluding hydrogens is 478 g/mol. The SMILES string of the molecule is Cc1cc2nc(NN(CCN3CCCC3)S(=O)(=O)c3ccccc3)nnc2cc1N(CCO)C(C)C. The van der Waals surface area contributed by atoms with E-state index in [1.54, 1.807) is 30.3 Å². The summed E-state index contributed by atoms with van der Waals surface area (Å²) in [5.41, 5.74) is 6.07. The van der Waals surface area contributed by atoms with Crippen LogP contribution in [-0.2, 0) is 10.0 Å². The largest absolute Gasteiger partial charge is 0.395 e. The van der Waals surface area contributed by atoms with Crippen LogP contribution >= 0.6 is 0 Å². The Labute approximate surface area is 213 Å².